The van der Waals surface area contributed by atoms with Crippen LogP contribution in [0, 0.1) is 17.8 Å². The lowest BCUT2D eigenvalue weighted by molar-refractivity contribution is -0.143. The lowest BCUT2D eigenvalue weighted by atomic mass is 9.78. The summed E-state index contributed by atoms with van der Waals surface area (Å²) in [6, 6.07) is 10.1. The minimum atomic E-state index is -0.647. The van der Waals surface area contributed by atoms with Crippen LogP contribution in [-0.4, -0.2) is 11.1 Å². The maximum Gasteiger partial charge on any atom is 0.307 e. The molecule has 2 bridgehead atoms. The summed E-state index contributed by atoms with van der Waals surface area (Å²) < 4.78 is 0. The van der Waals surface area contributed by atoms with Gasteiger partial charge in [-0.3, -0.25) is 4.79 Å². The molecule has 4 atom stereocenters. The number of aliphatic carboxylic acids is 1. The molecule has 0 spiro atoms. The van der Waals surface area contributed by atoms with Gasteiger partial charge in [0.2, 0.25) is 0 Å². The Hall–Kier alpha value is -1.57. The van der Waals surface area contributed by atoms with Crippen LogP contribution in [0.2, 0.25) is 0 Å². The Morgan fingerprint density at radius 3 is 2.50 bits per heavy atom. The maximum absolute atomic E-state index is 11.3. The van der Waals surface area contributed by atoms with Gasteiger partial charge in [-0.1, -0.05) is 42.5 Å². The summed E-state index contributed by atoms with van der Waals surface area (Å²) in [5, 5.41) is 9.33. The summed E-state index contributed by atoms with van der Waals surface area (Å²) in [6.07, 6.45) is 5.29. The summed E-state index contributed by atoms with van der Waals surface area (Å²) in [5.41, 5.74) is 1.17. The van der Waals surface area contributed by atoms with Crippen LogP contribution in [0.15, 0.2) is 42.5 Å². The van der Waals surface area contributed by atoms with Gasteiger partial charge in [-0.15, -0.1) is 0 Å². The summed E-state index contributed by atoms with van der Waals surface area (Å²) in [4.78, 5) is 11.3. The number of carboxylic acids is 1. The van der Waals surface area contributed by atoms with Gasteiger partial charge in [0, 0.05) is 5.92 Å². The van der Waals surface area contributed by atoms with Crippen LogP contribution in [-0.2, 0) is 4.79 Å². The molecule has 0 radical (unpaired) electrons. The van der Waals surface area contributed by atoms with Crippen molar-refractivity contribution in [3.05, 3.63) is 48.0 Å². The monoisotopic (exact) mass is 214 g/mol. The molecule has 0 heterocycles. The van der Waals surface area contributed by atoms with Crippen LogP contribution in [0.1, 0.15) is 17.9 Å². The lowest BCUT2D eigenvalue weighted by Crippen LogP contribution is -2.25. The summed E-state index contributed by atoms with van der Waals surface area (Å²) in [7, 11) is 0. The lowest BCUT2D eigenvalue weighted by Gasteiger charge is -2.25. The minimum absolute atomic E-state index is 0.175. The van der Waals surface area contributed by atoms with Crippen molar-refractivity contribution in [3.63, 3.8) is 0 Å². The van der Waals surface area contributed by atoms with Crippen molar-refractivity contribution in [1.29, 1.82) is 0 Å². The molecule has 1 fully saturated rings. The highest BCUT2D eigenvalue weighted by Crippen LogP contribution is 2.52. The molecule has 2 heteroatoms. The quantitative estimate of drug-likeness (QED) is 0.768. The number of carbonyl (C=O) groups is 1. The van der Waals surface area contributed by atoms with Crippen LogP contribution in [0.3, 0.4) is 0 Å². The Morgan fingerprint density at radius 1 is 1.12 bits per heavy atom. The first-order valence-electron chi connectivity index (χ1n) is 5.73. The third kappa shape index (κ3) is 1.29. The van der Waals surface area contributed by atoms with E-state index < -0.39 is 5.97 Å². The highest BCUT2D eigenvalue weighted by molar-refractivity contribution is 5.73. The topological polar surface area (TPSA) is 37.3 Å². The van der Waals surface area contributed by atoms with Gasteiger partial charge >= 0.3 is 5.97 Å². The van der Waals surface area contributed by atoms with Crippen molar-refractivity contribution in [2.45, 2.75) is 12.3 Å². The zero-order valence-corrected chi connectivity index (χ0v) is 8.91. The van der Waals surface area contributed by atoms with Crippen molar-refractivity contribution in [3.8, 4) is 0 Å². The first-order chi connectivity index (χ1) is 7.77. The third-order valence-electron chi connectivity index (χ3n) is 3.93. The molecule has 82 valence electrons. The van der Waals surface area contributed by atoms with E-state index in [1.165, 1.54) is 5.56 Å². The third-order valence-corrected chi connectivity index (χ3v) is 3.93. The van der Waals surface area contributed by atoms with Crippen LogP contribution in [0.25, 0.3) is 0 Å². The first kappa shape index (κ1) is 9.64. The van der Waals surface area contributed by atoms with E-state index in [0.717, 1.165) is 6.42 Å². The Kier molecular flexibility index (Phi) is 2.10. The fourth-order valence-corrected chi connectivity index (χ4v) is 3.29. The number of rotatable bonds is 2. The molecule has 0 saturated heterocycles. The summed E-state index contributed by atoms with van der Waals surface area (Å²) in [5.74, 6) is -0.0296. The highest BCUT2D eigenvalue weighted by Gasteiger charge is 2.48. The molecular weight excluding hydrogens is 200 g/mol. The average Bonchev–Trinajstić information content (AvgIpc) is 2.89. The number of allylic oxidation sites excluding steroid dienone is 2. The van der Waals surface area contributed by atoms with E-state index in [-0.39, 0.29) is 17.8 Å². The van der Waals surface area contributed by atoms with Crippen LogP contribution < -0.4 is 0 Å². The second-order valence-corrected chi connectivity index (χ2v) is 4.75. The molecule has 0 aromatic heterocycles. The second-order valence-electron chi connectivity index (χ2n) is 4.75. The Morgan fingerprint density at radius 2 is 1.81 bits per heavy atom. The van der Waals surface area contributed by atoms with Crippen LogP contribution >= 0.6 is 0 Å². The molecule has 1 saturated carbocycles. The van der Waals surface area contributed by atoms with Gasteiger partial charge in [-0.2, -0.15) is 0 Å². The molecule has 3 rings (SSSR count). The van der Waals surface area contributed by atoms with E-state index in [1.807, 2.05) is 18.2 Å². The van der Waals surface area contributed by atoms with E-state index in [0.29, 0.717) is 5.92 Å². The molecule has 2 aliphatic carbocycles. The first-order valence-corrected chi connectivity index (χ1v) is 5.73. The van der Waals surface area contributed by atoms with Gasteiger partial charge in [-0.05, 0) is 23.8 Å². The van der Waals surface area contributed by atoms with Crippen molar-refractivity contribution < 1.29 is 9.90 Å². The standard InChI is InChI=1S/C14H14O2/c15-14(16)13-11-7-6-10(8-11)12(13)9-4-2-1-3-5-9/h1-7,10-13H,8H2,(H,15,16)/t10-,11+,12-,13-/m0/s1. The maximum atomic E-state index is 11.3. The summed E-state index contributed by atoms with van der Waals surface area (Å²) >= 11 is 0. The van der Waals surface area contributed by atoms with E-state index in [1.54, 1.807) is 0 Å². The van der Waals surface area contributed by atoms with E-state index in [9.17, 15) is 9.90 Å². The van der Waals surface area contributed by atoms with Crippen LogP contribution in [0.4, 0.5) is 0 Å². The number of carboxylic acid groups (broad SMARTS) is 1. The molecule has 0 unspecified atom stereocenters. The molecule has 16 heavy (non-hydrogen) atoms. The zero-order valence-electron chi connectivity index (χ0n) is 8.91. The molecule has 1 aromatic rings. The fraction of sp³-hybridized carbons (Fsp3) is 0.357. The van der Waals surface area contributed by atoms with Crippen molar-refractivity contribution in [1.82, 2.24) is 0 Å². The molecule has 1 N–H and O–H groups in total. The number of hydrogen-bond donors (Lipinski definition) is 1. The van der Waals surface area contributed by atoms with Crippen LogP contribution in [0.5, 0.6) is 0 Å². The minimum Gasteiger partial charge on any atom is -0.481 e. The zero-order chi connectivity index (χ0) is 11.1. The van der Waals surface area contributed by atoms with E-state index in [4.69, 9.17) is 0 Å². The van der Waals surface area contributed by atoms with Gasteiger partial charge < -0.3 is 5.11 Å². The SMILES string of the molecule is O=C(O)[C@@H]1[C@@H](c2ccccc2)[C@H]2C=C[C@@H]1C2. The molecular formula is C14H14O2. The largest absolute Gasteiger partial charge is 0.481 e. The van der Waals surface area contributed by atoms with Gasteiger partial charge in [0.1, 0.15) is 0 Å². The summed E-state index contributed by atoms with van der Waals surface area (Å²) in [6.45, 7) is 0. The molecule has 2 aliphatic rings. The van der Waals surface area contributed by atoms with Gasteiger partial charge in [-0.25, -0.2) is 0 Å². The predicted molar refractivity (Wildman–Crippen MR) is 61.0 cm³/mol. The predicted octanol–water partition coefficient (Wildman–Crippen LogP) is 2.68. The normalized spacial score (nSPS) is 35.5. The smallest absolute Gasteiger partial charge is 0.307 e. The van der Waals surface area contributed by atoms with Gasteiger partial charge in [0.15, 0.2) is 0 Å². The number of benzene rings is 1. The number of hydrogen-bond acceptors (Lipinski definition) is 1. The fourth-order valence-electron chi connectivity index (χ4n) is 3.29. The van der Waals surface area contributed by atoms with Gasteiger partial charge in [0.25, 0.3) is 0 Å². The Balaban J connectivity index is 2.00. The van der Waals surface area contributed by atoms with Crippen molar-refractivity contribution in [2.24, 2.45) is 17.8 Å². The van der Waals surface area contributed by atoms with E-state index in [2.05, 4.69) is 24.3 Å². The number of fused-ring (bicyclic) bond motifs is 2. The Labute approximate surface area is 94.6 Å². The highest BCUT2D eigenvalue weighted by atomic mass is 16.4. The molecule has 1 aromatic carbocycles. The van der Waals surface area contributed by atoms with Crippen molar-refractivity contribution >= 4 is 5.97 Å². The van der Waals surface area contributed by atoms with Crippen molar-refractivity contribution in [2.75, 3.05) is 0 Å². The molecule has 2 nitrogen and oxygen atoms in total. The molecule has 0 amide bonds. The molecule has 0 aliphatic heterocycles. The Bertz CT molecular complexity index is 435. The van der Waals surface area contributed by atoms with E-state index >= 15 is 0 Å². The average molecular weight is 214 g/mol. The second kappa shape index (κ2) is 3.48. The van der Waals surface area contributed by atoms with Gasteiger partial charge in [0.05, 0.1) is 5.92 Å².